The minimum atomic E-state index is -5.03. The molecule has 0 saturated carbocycles. The van der Waals surface area contributed by atoms with E-state index in [-0.39, 0.29) is 41.2 Å². The average molecular weight is 268 g/mol. The van der Waals surface area contributed by atoms with Crippen molar-refractivity contribution < 1.29 is 57.4 Å². The van der Waals surface area contributed by atoms with Crippen LogP contribution in [0.25, 0.3) is 0 Å². The molecule has 0 radical (unpaired) electrons. The molecule has 0 aromatic heterocycles. The Balaban J connectivity index is 0.00000289. The topological polar surface area (TPSA) is 49.4 Å². The molecule has 0 spiro atoms. The first-order valence-electron chi connectivity index (χ1n) is 4.49. The Hall–Kier alpha value is -0.980. The fourth-order valence-electron chi connectivity index (χ4n) is 1.04. The van der Waals surface area contributed by atoms with Gasteiger partial charge in [0.2, 0.25) is 0 Å². The van der Waals surface area contributed by atoms with Crippen molar-refractivity contribution in [3.63, 3.8) is 0 Å². The van der Waals surface area contributed by atoms with Gasteiger partial charge in [-0.1, -0.05) is 0 Å². The van der Waals surface area contributed by atoms with Crippen molar-refractivity contribution in [2.45, 2.75) is 6.18 Å². The number of carbonyl (C=O) groups excluding carboxylic acids is 1. The molecule has 7 heteroatoms. The van der Waals surface area contributed by atoms with Crippen molar-refractivity contribution >= 4 is 5.78 Å². The van der Waals surface area contributed by atoms with Crippen LogP contribution in [0.2, 0.25) is 0 Å². The molecule has 0 amide bonds. The van der Waals surface area contributed by atoms with Crippen LogP contribution in [0.15, 0.2) is 36.1 Å². The second-order valence-corrected chi connectivity index (χ2v) is 3.10. The summed E-state index contributed by atoms with van der Waals surface area (Å²) in [5.74, 6) is -2.70. The molecule has 0 heterocycles. The van der Waals surface area contributed by atoms with Crippen LogP contribution in [-0.2, 0) is 0 Å². The number of methoxy groups -OCH3 is 1. The second-order valence-electron chi connectivity index (χ2n) is 3.10. The van der Waals surface area contributed by atoms with Crippen LogP contribution in [0, 0.1) is 0 Å². The number of ether oxygens (including phenoxy) is 1. The first-order chi connectivity index (χ1) is 7.84. The van der Waals surface area contributed by atoms with E-state index in [0.717, 1.165) is 0 Å². The summed E-state index contributed by atoms with van der Waals surface area (Å²) in [6.07, 6.45) is -5.00. The number of allylic oxidation sites excluding steroid dienone is 2. The number of carbonyl (C=O) groups is 1. The predicted molar refractivity (Wildman–Crippen MR) is 51.5 cm³/mol. The van der Waals surface area contributed by atoms with E-state index in [1.54, 1.807) is 0 Å². The zero-order chi connectivity index (χ0) is 13.1. The summed E-state index contributed by atoms with van der Waals surface area (Å²) in [5, 5.41) is 10.5. The Morgan fingerprint density at radius 1 is 1.28 bits per heavy atom. The van der Waals surface area contributed by atoms with Crippen LogP contribution >= 0.6 is 0 Å². The van der Waals surface area contributed by atoms with Crippen molar-refractivity contribution in [1.29, 1.82) is 0 Å². The molecular weight excluding hydrogens is 260 g/mol. The van der Waals surface area contributed by atoms with E-state index >= 15 is 0 Å². The van der Waals surface area contributed by atoms with Crippen LogP contribution in [0.1, 0.15) is 10.4 Å². The monoisotopic (exact) mass is 268 g/mol. The van der Waals surface area contributed by atoms with Crippen LogP contribution in [-0.4, -0.2) is 19.1 Å². The number of ketones is 1. The van der Waals surface area contributed by atoms with E-state index in [0.29, 0.717) is 5.75 Å². The zero-order valence-corrected chi connectivity index (χ0v) is 11.7. The minimum absolute atomic E-state index is 0. The van der Waals surface area contributed by atoms with E-state index in [1.165, 1.54) is 31.4 Å². The maximum absolute atomic E-state index is 11.9. The van der Waals surface area contributed by atoms with Gasteiger partial charge < -0.3 is 9.84 Å². The van der Waals surface area contributed by atoms with Gasteiger partial charge in [-0.2, -0.15) is 13.2 Å². The quantitative estimate of drug-likeness (QED) is 0.296. The predicted octanol–water partition coefficient (Wildman–Crippen LogP) is -1.31. The number of benzene rings is 1. The molecule has 1 aromatic rings. The van der Waals surface area contributed by atoms with Crippen LogP contribution in [0.3, 0.4) is 0 Å². The summed E-state index contributed by atoms with van der Waals surface area (Å²) in [6.45, 7) is 0. The Morgan fingerprint density at radius 3 is 2.17 bits per heavy atom. The molecular formula is C11H8F3NaO3. The standard InChI is InChI=1S/C11H9F3O3.Na/c1-17-8-4-2-7(3-5-8)9(15)6-10(16)11(12,13)14;/h2-6,16H,1H3;/q;+1/p-1/b10-6-;. The van der Waals surface area contributed by atoms with Crippen molar-refractivity contribution in [1.82, 2.24) is 0 Å². The molecule has 92 valence electrons. The molecule has 1 rings (SSSR count). The van der Waals surface area contributed by atoms with E-state index in [1.807, 2.05) is 0 Å². The van der Waals surface area contributed by atoms with Gasteiger partial charge in [0.25, 0.3) is 0 Å². The Labute approximate surface area is 124 Å². The summed E-state index contributed by atoms with van der Waals surface area (Å²) in [7, 11) is 1.41. The van der Waals surface area contributed by atoms with Gasteiger partial charge in [0.15, 0.2) is 5.78 Å². The average Bonchev–Trinajstić information content (AvgIpc) is 2.27. The van der Waals surface area contributed by atoms with Crippen molar-refractivity contribution in [2.24, 2.45) is 0 Å². The first kappa shape index (κ1) is 17.0. The van der Waals surface area contributed by atoms with Gasteiger partial charge in [0, 0.05) is 5.56 Å². The summed E-state index contributed by atoms with van der Waals surface area (Å²) < 4.78 is 40.5. The molecule has 0 saturated heterocycles. The number of hydrogen-bond donors (Lipinski definition) is 0. The number of hydrogen-bond acceptors (Lipinski definition) is 3. The van der Waals surface area contributed by atoms with Gasteiger partial charge in [0.05, 0.1) is 7.11 Å². The Morgan fingerprint density at radius 2 is 1.78 bits per heavy atom. The molecule has 18 heavy (non-hydrogen) atoms. The Kier molecular flexibility index (Phi) is 6.45. The molecule has 3 nitrogen and oxygen atoms in total. The normalized spacial score (nSPS) is 11.7. The minimum Gasteiger partial charge on any atom is -0.869 e. The number of rotatable bonds is 3. The maximum atomic E-state index is 11.9. The van der Waals surface area contributed by atoms with Gasteiger partial charge in [-0.05, 0) is 36.1 Å². The van der Waals surface area contributed by atoms with Crippen molar-refractivity contribution in [3.8, 4) is 5.75 Å². The summed E-state index contributed by atoms with van der Waals surface area (Å²) >= 11 is 0. The number of alkyl halides is 3. The number of halogens is 3. The molecule has 0 atom stereocenters. The third-order valence-corrected chi connectivity index (χ3v) is 1.92. The second kappa shape index (κ2) is 6.82. The fraction of sp³-hybridized carbons (Fsp3) is 0.182. The summed E-state index contributed by atoms with van der Waals surface area (Å²) in [4.78, 5) is 11.3. The Bertz CT molecular complexity index is 438. The fourth-order valence-corrected chi connectivity index (χ4v) is 1.04. The van der Waals surface area contributed by atoms with E-state index in [2.05, 4.69) is 0 Å². The molecule has 0 aliphatic heterocycles. The molecule has 0 fully saturated rings. The van der Waals surface area contributed by atoms with Crippen LogP contribution in [0.4, 0.5) is 13.2 Å². The van der Waals surface area contributed by atoms with E-state index in [9.17, 15) is 23.1 Å². The van der Waals surface area contributed by atoms with Gasteiger partial charge in [-0.15, -0.1) is 0 Å². The molecule has 0 aliphatic rings. The largest absolute Gasteiger partial charge is 1.00 e. The molecule has 0 N–H and O–H groups in total. The molecule has 0 bridgehead atoms. The summed E-state index contributed by atoms with van der Waals surface area (Å²) in [5.41, 5.74) is -0.0107. The van der Waals surface area contributed by atoms with Crippen LogP contribution < -0.4 is 39.4 Å². The van der Waals surface area contributed by atoms with E-state index < -0.39 is 17.7 Å². The van der Waals surface area contributed by atoms with Gasteiger partial charge in [-0.3, -0.25) is 4.79 Å². The van der Waals surface area contributed by atoms with Gasteiger partial charge in [0.1, 0.15) is 5.75 Å². The maximum Gasteiger partial charge on any atom is 1.00 e. The van der Waals surface area contributed by atoms with Crippen molar-refractivity contribution in [2.75, 3.05) is 7.11 Å². The molecule has 0 aliphatic carbocycles. The van der Waals surface area contributed by atoms with E-state index in [4.69, 9.17) is 4.74 Å². The first-order valence-corrected chi connectivity index (χ1v) is 4.49. The summed E-state index contributed by atoms with van der Waals surface area (Å²) in [6, 6.07) is 5.39. The van der Waals surface area contributed by atoms with Gasteiger partial charge >= 0.3 is 35.7 Å². The molecule has 0 unspecified atom stereocenters. The van der Waals surface area contributed by atoms with Crippen molar-refractivity contribution in [3.05, 3.63) is 41.7 Å². The zero-order valence-electron chi connectivity index (χ0n) is 9.75. The smallest absolute Gasteiger partial charge is 0.869 e. The van der Waals surface area contributed by atoms with Gasteiger partial charge in [-0.25, -0.2) is 0 Å². The third-order valence-electron chi connectivity index (χ3n) is 1.92. The molecule has 1 aromatic carbocycles. The SMILES string of the molecule is COc1ccc(C(=O)/C=C(\[O-])C(F)(F)F)cc1.[Na+]. The third kappa shape index (κ3) is 4.72. The van der Waals surface area contributed by atoms with Crippen LogP contribution in [0.5, 0.6) is 5.75 Å².